The van der Waals surface area contributed by atoms with E-state index in [0.717, 1.165) is 38.0 Å². The van der Waals surface area contributed by atoms with Crippen LogP contribution in [0.4, 0.5) is 0 Å². The number of likely N-dealkylation sites (N-methyl/N-ethyl adjacent to an activating group) is 1. The first-order valence-corrected chi connectivity index (χ1v) is 9.48. The van der Waals surface area contributed by atoms with E-state index >= 15 is 0 Å². The summed E-state index contributed by atoms with van der Waals surface area (Å²) in [7, 11) is 4.02. The van der Waals surface area contributed by atoms with Crippen molar-refractivity contribution in [1.29, 1.82) is 0 Å². The number of ketones is 1. The molecule has 3 nitrogen and oxygen atoms in total. The monoisotopic (exact) mass is 363 g/mol. The number of hydrogen-bond acceptors (Lipinski definition) is 3. The van der Waals surface area contributed by atoms with Crippen LogP contribution in [-0.2, 0) is 16.6 Å². The number of hydrogen-bond donors (Lipinski definition) is 0. The molecule has 4 heteroatoms. The topological polar surface area (TPSA) is 29.5 Å². The Labute approximate surface area is 157 Å². The predicted molar refractivity (Wildman–Crippen MR) is 103 cm³/mol. The fourth-order valence-corrected chi connectivity index (χ4v) is 6.06. The summed E-state index contributed by atoms with van der Waals surface area (Å²) in [5.41, 5.74) is 2.91. The van der Waals surface area contributed by atoms with Crippen molar-refractivity contribution in [3.05, 3.63) is 29.3 Å². The van der Waals surface area contributed by atoms with Gasteiger partial charge in [0.1, 0.15) is 11.5 Å². The fraction of sp³-hybridized carbons (Fsp3) is 0.667. The average Bonchev–Trinajstić information content (AvgIpc) is 2.58. The molecule has 4 rings (SSSR count). The van der Waals surface area contributed by atoms with Crippen molar-refractivity contribution in [2.75, 3.05) is 20.7 Å². The summed E-state index contributed by atoms with van der Waals surface area (Å²) in [5.74, 6) is 2.57. The molecular formula is C21H30ClNO2. The number of nitrogens with zero attached hydrogens (tertiary/aromatic N) is 1. The van der Waals surface area contributed by atoms with Crippen LogP contribution in [0.25, 0.3) is 0 Å². The lowest BCUT2D eigenvalue weighted by Crippen LogP contribution is -2.63. The van der Waals surface area contributed by atoms with E-state index in [4.69, 9.17) is 4.74 Å². The van der Waals surface area contributed by atoms with Gasteiger partial charge in [-0.2, -0.15) is 0 Å². The van der Waals surface area contributed by atoms with E-state index in [2.05, 4.69) is 37.1 Å². The normalized spacial score (nSPS) is 33.9. The Morgan fingerprint density at radius 3 is 2.84 bits per heavy atom. The molecule has 138 valence electrons. The van der Waals surface area contributed by atoms with Crippen LogP contribution >= 0.6 is 12.4 Å². The predicted octanol–water partition coefficient (Wildman–Crippen LogP) is 4.01. The Hall–Kier alpha value is -1.06. The van der Waals surface area contributed by atoms with Gasteiger partial charge in [0.15, 0.2) is 0 Å². The zero-order valence-electron chi connectivity index (χ0n) is 15.6. The number of ether oxygens (including phenoxy) is 1. The number of likely N-dealkylation sites (tertiary alicyclic amines) is 1. The lowest BCUT2D eigenvalue weighted by atomic mass is 9.49. The second-order valence-electron chi connectivity index (χ2n) is 8.18. The fourth-order valence-electron chi connectivity index (χ4n) is 6.06. The molecule has 1 saturated heterocycles. The van der Waals surface area contributed by atoms with E-state index in [1.54, 1.807) is 7.11 Å². The quantitative estimate of drug-likeness (QED) is 0.812. The number of methoxy groups -OCH3 is 1. The van der Waals surface area contributed by atoms with E-state index < -0.39 is 0 Å². The molecule has 1 aromatic carbocycles. The van der Waals surface area contributed by atoms with Crippen molar-refractivity contribution >= 4 is 18.2 Å². The van der Waals surface area contributed by atoms with Gasteiger partial charge in [-0.1, -0.05) is 19.4 Å². The minimum atomic E-state index is 0. The van der Waals surface area contributed by atoms with Crippen molar-refractivity contribution in [2.24, 2.45) is 11.8 Å². The van der Waals surface area contributed by atoms with Crippen LogP contribution in [0.2, 0.25) is 0 Å². The first kappa shape index (κ1) is 18.7. The number of carbonyl (C=O) groups is 1. The second-order valence-corrected chi connectivity index (χ2v) is 8.18. The molecule has 2 bridgehead atoms. The number of halogens is 1. The third-order valence-corrected chi connectivity index (χ3v) is 6.98. The maximum Gasteiger partial charge on any atom is 0.134 e. The molecule has 1 saturated carbocycles. The minimum Gasteiger partial charge on any atom is -0.497 e. The Balaban J connectivity index is 0.00000182. The number of Topliss-reactive ketones (excluding diaryl/α,β-unsaturated/α-hetero) is 1. The summed E-state index contributed by atoms with van der Waals surface area (Å²) in [6.07, 6.45) is 6.12. The molecule has 0 aromatic heterocycles. The molecule has 2 fully saturated rings. The van der Waals surface area contributed by atoms with Crippen LogP contribution in [0, 0.1) is 11.8 Å². The lowest BCUT2D eigenvalue weighted by molar-refractivity contribution is -0.131. The van der Waals surface area contributed by atoms with E-state index in [-0.39, 0.29) is 17.8 Å². The van der Waals surface area contributed by atoms with E-state index in [1.165, 1.54) is 24.0 Å². The van der Waals surface area contributed by atoms with Gasteiger partial charge in [-0.15, -0.1) is 12.4 Å². The van der Waals surface area contributed by atoms with Crippen LogP contribution < -0.4 is 4.74 Å². The number of piperidine rings is 1. The maximum atomic E-state index is 12.7. The Bertz CT molecular complexity index is 661. The number of carbonyl (C=O) groups excluding carboxylic acids is 1. The first-order valence-electron chi connectivity index (χ1n) is 9.48. The largest absolute Gasteiger partial charge is 0.497 e. The minimum absolute atomic E-state index is 0. The van der Waals surface area contributed by atoms with Crippen LogP contribution in [0.3, 0.4) is 0 Å². The van der Waals surface area contributed by atoms with Gasteiger partial charge in [0, 0.05) is 24.3 Å². The van der Waals surface area contributed by atoms with Crippen LogP contribution in [0.15, 0.2) is 18.2 Å². The van der Waals surface area contributed by atoms with Gasteiger partial charge in [-0.05, 0) is 68.0 Å². The maximum absolute atomic E-state index is 12.7. The first-order chi connectivity index (χ1) is 11.6. The molecule has 4 atom stereocenters. The standard InChI is InChI=1S/C21H29NO2.ClH/c1-4-5-15-10-16(23)13-21-8-9-22(2)19(20(15)21)11-14-6-7-17(24-3)12-18(14)21;/h6-7,12,15,19-20H,4-5,8-11,13H2,1-3H3;1H/t15-,19+,20-,21+;/m0./s1. The molecule has 3 aliphatic rings. The summed E-state index contributed by atoms with van der Waals surface area (Å²) < 4.78 is 5.52. The summed E-state index contributed by atoms with van der Waals surface area (Å²) in [6.45, 7) is 3.36. The van der Waals surface area contributed by atoms with E-state index in [1.807, 2.05) is 0 Å². The van der Waals surface area contributed by atoms with Gasteiger partial charge in [0.05, 0.1) is 7.11 Å². The number of benzene rings is 1. The van der Waals surface area contributed by atoms with Gasteiger partial charge < -0.3 is 9.64 Å². The van der Waals surface area contributed by atoms with Crippen LogP contribution in [0.5, 0.6) is 5.75 Å². The highest BCUT2D eigenvalue weighted by Gasteiger charge is 2.57. The molecule has 1 aromatic rings. The second kappa shape index (κ2) is 6.92. The van der Waals surface area contributed by atoms with Gasteiger partial charge in [-0.3, -0.25) is 4.79 Å². The zero-order valence-corrected chi connectivity index (χ0v) is 16.4. The molecule has 0 amide bonds. The molecule has 0 unspecified atom stereocenters. The molecule has 1 aliphatic heterocycles. The van der Waals surface area contributed by atoms with Gasteiger partial charge in [0.25, 0.3) is 0 Å². The average molecular weight is 364 g/mol. The molecular weight excluding hydrogens is 334 g/mol. The number of fused-ring (bicyclic) bond motifs is 1. The van der Waals surface area contributed by atoms with E-state index in [0.29, 0.717) is 23.7 Å². The molecule has 25 heavy (non-hydrogen) atoms. The third kappa shape index (κ3) is 2.80. The highest BCUT2D eigenvalue weighted by molar-refractivity contribution is 5.85. The van der Waals surface area contributed by atoms with Crippen molar-refractivity contribution in [1.82, 2.24) is 4.90 Å². The Morgan fingerprint density at radius 2 is 2.12 bits per heavy atom. The van der Waals surface area contributed by atoms with Crippen LogP contribution in [-0.4, -0.2) is 37.4 Å². The van der Waals surface area contributed by atoms with Crippen molar-refractivity contribution in [3.63, 3.8) is 0 Å². The van der Waals surface area contributed by atoms with Crippen molar-refractivity contribution in [3.8, 4) is 5.75 Å². The van der Waals surface area contributed by atoms with Gasteiger partial charge >= 0.3 is 0 Å². The van der Waals surface area contributed by atoms with Crippen molar-refractivity contribution in [2.45, 2.75) is 56.9 Å². The van der Waals surface area contributed by atoms with Crippen molar-refractivity contribution < 1.29 is 9.53 Å². The van der Waals surface area contributed by atoms with Crippen LogP contribution in [0.1, 0.15) is 50.2 Å². The Morgan fingerprint density at radius 1 is 1.32 bits per heavy atom. The molecule has 2 aliphatic carbocycles. The third-order valence-electron chi connectivity index (χ3n) is 6.98. The molecule has 0 spiro atoms. The van der Waals surface area contributed by atoms with E-state index in [9.17, 15) is 4.79 Å². The summed E-state index contributed by atoms with van der Waals surface area (Å²) in [5, 5.41) is 0. The summed E-state index contributed by atoms with van der Waals surface area (Å²) in [6, 6.07) is 7.15. The molecule has 0 radical (unpaired) electrons. The summed E-state index contributed by atoms with van der Waals surface area (Å²) in [4.78, 5) is 15.3. The molecule has 0 N–H and O–H groups in total. The number of rotatable bonds is 3. The SMILES string of the molecule is CCC[C@H]1CC(=O)C[C@]23CCN(C)[C@H](Cc4ccc(OC)cc42)[C@H]13.Cl. The smallest absolute Gasteiger partial charge is 0.134 e. The van der Waals surface area contributed by atoms with Gasteiger partial charge in [0.2, 0.25) is 0 Å². The summed E-state index contributed by atoms with van der Waals surface area (Å²) >= 11 is 0. The highest BCUT2D eigenvalue weighted by atomic mass is 35.5. The molecule has 1 heterocycles. The highest BCUT2D eigenvalue weighted by Crippen LogP contribution is 2.57. The zero-order chi connectivity index (χ0) is 16.9. The van der Waals surface area contributed by atoms with Gasteiger partial charge in [-0.25, -0.2) is 0 Å². The lowest BCUT2D eigenvalue weighted by Gasteiger charge is -2.60. The Kier molecular flexibility index (Phi) is 5.18.